The van der Waals surface area contributed by atoms with Gasteiger partial charge in [0.15, 0.2) is 0 Å². The van der Waals surface area contributed by atoms with Gasteiger partial charge in [0.05, 0.1) is 6.04 Å². The molecule has 1 saturated heterocycles. The molecule has 4 rings (SSSR count). The molecule has 8 heteroatoms. The predicted octanol–water partition coefficient (Wildman–Crippen LogP) is 4.22. The van der Waals surface area contributed by atoms with Gasteiger partial charge in [-0.2, -0.15) is 0 Å². The first-order valence-electron chi connectivity index (χ1n) is 9.29. The molecule has 1 aliphatic heterocycles. The van der Waals surface area contributed by atoms with E-state index in [0.717, 1.165) is 18.4 Å². The largest absolute Gasteiger partial charge is 0.329 e. The molecule has 2 heterocycles. The predicted molar refractivity (Wildman–Crippen MR) is 108 cm³/mol. The molecule has 1 aromatic heterocycles. The highest BCUT2D eigenvalue weighted by Crippen LogP contribution is 2.34. The summed E-state index contributed by atoms with van der Waals surface area (Å²) < 4.78 is 13.0. The molecule has 1 atom stereocenters. The smallest absolute Gasteiger partial charge is 0.286 e. The van der Waals surface area contributed by atoms with Crippen LogP contribution >= 0.6 is 11.3 Å². The van der Waals surface area contributed by atoms with E-state index in [-0.39, 0.29) is 22.8 Å². The van der Waals surface area contributed by atoms with Gasteiger partial charge >= 0.3 is 0 Å². The van der Waals surface area contributed by atoms with Gasteiger partial charge in [-0.3, -0.25) is 9.59 Å². The molecule has 0 spiro atoms. The summed E-state index contributed by atoms with van der Waals surface area (Å²) in [6.45, 7) is 2.63. The van der Waals surface area contributed by atoms with Crippen molar-refractivity contribution in [2.45, 2.75) is 25.8 Å². The Bertz CT molecular complexity index is 1030. The summed E-state index contributed by atoms with van der Waals surface area (Å²) in [6, 6.07) is 12.8. The van der Waals surface area contributed by atoms with E-state index in [0.29, 0.717) is 22.8 Å². The zero-order valence-corrected chi connectivity index (χ0v) is 16.6. The second-order valence-corrected chi connectivity index (χ2v) is 7.94. The number of carbonyl (C=O) groups excluding carboxylic acids is 2. The number of nitrogens with one attached hydrogen (secondary N) is 1. The van der Waals surface area contributed by atoms with Crippen LogP contribution in [0.3, 0.4) is 0 Å². The number of amides is 2. The fraction of sp³-hybridized carbons (Fsp3) is 0.238. The number of hydrogen-bond acceptors (Lipinski definition) is 5. The average Bonchev–Trinajstić information content (AvgIpc) is 3.39. The molecule has 0 aliphatic carbocycles. The van der Waals surface area contributed by atoms with Crippen LogP contribution in [-0.2, 0) is 0 Å². The minimum absolute atomic E-state index is 0.0417. The quantitative estimate of drug-likeness (QED) is 0.699. The number of rotatable bonds is 4. The van der Waals surface area contributed by atoms with Gasteiger partial charge in [0.25, 0.3) is 11.8 Å². The van der Waals surface area contributed by atoms with Crippen molar-refractivity contribution in [1.29, 1.82) is 0 Å². The first-order chi connectivity index (χ1) is 14.0. The molecule has 0 saturated carbocycles. The van der Waals surface area contributed by atoms with Gasteiger partial charge in [0, 0.05) is 17.8 Å². The zero-order chi connectivity index (χ0) is 20.4. The lowest BCUT2D eigenvalue weighted by Crippen LogP contribution is -2.30. The summed E-state index contributed by atoms with van der Waals surface area (Å²) in [4.78, 5) is 27.1. The van der Waals surface area contributed by atoms with Gasteiger partial charge in [-0.05, 0) is 56.2 Å². The minimum atomic E-state index is -0.408. The van der Waals surface area contributed by atoms with E-state index in [4.69, 9.17) is 0 Å². The maximum atomic E-state index is 13.0. The summed E-state index contributed by atoms with van der Waals surface area (Å²) >= 11 is 1.18. The number of aryl methyl sites for hydroxylation is 1. The molecule has 1 N–H and O–H groups in total. The number of hydrogen-bond donors (Lipinski definition) is 1. The highest BCUT2D eigenvalue weighted by Gasteiger charge is 2.33. The van der Waals surface area contributed by atoms with Crippen LogP contribution in [0.5, 0.6) is 0 Å². The van der Waals surface area contributed by atoms with Crippen LogP contribution in [0.2, 0.25) is 0 Å². The lowest BCUT2D eigenvalue weighted by atomic mass is 10.1. The first-order valence-corrected chi connectivity index (χ1v) is 10.1. The molecule has 148 valence electrons. The van der Waals surface area contributed by atoms with Crippen LogP contribution in [0.1, 0.15) is 49.6 Å². The van der Waals surface area contributed by atoms with E-state index < -0.39 is 5.91 Å². The number of anilines is 1. The van der Waals surface area contributed by atoms with Crippen molar-refractivity contribution in [3.8, 4) is 0 Å². The van der Waals surface area contributed by atoms with Crippen molar-refractivity contribution in [3.63, 3.8) is 0 Å². The second-order valence-electron chi connectivity index (χ2n) is 6.93. The summed E-state index contributed by atoms with van der Waals surface area (Å²) in [5.41, 5.74) is 2.21. The maximum Gasteiger partial charge on any atom is 0.286 e. The summed E-state index contributed by atoms with van der Waals surface area (Å²) in [6.07, 6.45) is 1.66. The number of likely N-dealkylation sites (tertiary alicyclic amines) is 1. The van der Waals surface area contributed by atoms with Crippen LogP contribution < -0.4 is 5.32 Å². The fourth-order valence-corrected chi connectivity index (χ4v) is 4.19. The molecule has 6 nitrogen and oxygen atoms in total. The Morgan fingerprint density at radius 3 is 2.55 bits per heavy atom. The van der Waals surface area contributed by atoms with Crippen molar-refractivity contribution in [2.24, 2.45) is 0 Å². The number of nitrogens with zero attached hydrogens (tertiary/aromatic N) is 3. The van der Waals surface area contributed by atoms with Crippen molar-refractivity contribution in [1.82, 2.24) is 15.1 Å². The van der Waals surface area contributed by atoms with E-state index in [9.17, 15) is 14.0 Å². The van der Waals surface area contributed by atoms with Crippen molar-refractivity contribution >= 4 is 28.8 Å². The second kappa shape index (κ2) is 8.08. The third-order valence-corrected chi connectivity index (χ3v) is 5.86. The van der Waals surface area contributed by atoms with Gasteiger partial charge in [0.1, 0.15) is 10.8 Å². The average molecular weight is 410 g/mol. The van der Waals surface area contributed by atoms with Gasteiger partial charge in [-0.25, -0.2) is 4.39 Å². The van der Waals surface area contributed by atoms with Crippen LogP contribution in [0, 0.1) is 12.7 Å². The Hall–Kier alpha value is -3.13. The lowest BCUT2D eigenvalue weighted by molar-refractivity contribution is 0.0735. The molecule has 1 fully saturated rings. The summed E-state index contributed by atoms with van der Waals surface area (Å²) in [7, 11) is 0. The number of aromatic nitrogens is 2. The van der Waals surface area contributed by atoms with Crippen molar-refractivity contribution in [2.75, 3.05) is 11.9 Å². The third kappa shape index (κ3) is 4.17. The molecule has 1 aliphatic rings. The molecule has 2 aromatic carbocycles. The molecule has 1 unspecified atom stereocenters. The maximum absolute atomic E-state index is 13.0. The SMILES string of the molecule is Cc1ccc(C(=O)N2CCCC2c2nnc(C(=O)Nc3ccc(F)cc3)s2)cc1. The highest BCUT2D eigenvalue weighted by atomic mass is 32.1. The number of benzene rings is 2. The molecule has 2 amide bonds. The highest BCUT2D eigenvalue weighted by molar-refractivity contribution is 7.13. The first kappa shape index (κ1) is 19.2. The van der Waals surface area contributed by atoms with Crippen LogP contribution in [-0.4, -0.2) is 33.5 Å². The van der Waals surface area contributed by atoms with Crippen LogP contribution in [0.25, 0.3) is 0 Å². The number of carbonyl (C=O) groups is 2. The molecular formula is C21H19FN4O2S. The Balaban J connectivity index is 1.49. The minimum Gasteiger partial charge on any atom is -0.329 e. The van der Waals surface area contributed by atoms with Crippen molar-refractivity contribution in [3.05, 3.63) is 75.5 Å². The molecule has 29 heavy (non-hydrogen) atoms. The van der Waals surface area contributed by atoms with Gasteiger partial charge in [-0.15, -0.1) is 10.2 Å². The molecular weight excluding hydrogens is 391 g/mol. The Morgan fingerprint density at radius 2 is 1.83 bits per heavy atom. The Kier molecular flexibility index (Phi) is 5.35. The zero-order valence-electron chi connectivity index (χ0n) is 15.8. The van der Waals surface area contributed by atoms with Crippen LogP contribution in [0.4, 0.5) is 10.1 Å². The Labute approximate surface area is 171 Å². The molecule has 0 bridgehead atoms. The van der Waals surface area contributed by atoms with Gasteiger partial charge in [0.2, 0.25) is 5.01 Å². The van der Waals surface area contributed by atoms with E-state index in [1.54, 1.807) is 4.90 Å². The molecule has 0 radical (unpaired) electrons. The van der Waals surface area contributed by atoms with Crippen molar-refractivity contribution < 1.29 is 14.0 Å². The third-order valence-electron chi connectivity index (χ3n) is 4.83. The standard InChI is InChI=1S/C21H19FN4O2S/c1-13-4-6-14(7-5-13)21(28)26-12-2-3-17(26)19-24-25-20(29-19)18(27)23-16-10-8-15(22)9-11-16/h4-11,17H,2-3,12H2,1H3,(H,23,27). The lowest BCUT2D eigenvalue weighted by Gasteiger charge is -2.22. The van der Waals surface area contributed by atoms with E-state index in [1.165, 1.54) is 35.6 Å². The Morgan fingerprint density at radius 1 is 1.10 bits per heavy atom. The number of halogens is 1. The van der Waals surface area contributed by atoms with E-state index >= 15 is 0 Å². The van der Waals surface area contributed by atoms with E-state index in [1.807, 2.05) is 31.2 Å². The van der Waals surface area contributed by atoms with Gasteiger partial charge in [-0.1, -0.05) is 29.0 Å². The molecule has 3 aromatic rings. The van der Waals surface area contributed by atoms with E-state index in [2.05, 4.69) is 15.5 Å². The monoisotopic (exact) mass is 410 g/mol. The fourth-order valence-electron chi connectivity index (χ4n) is 3.31. The normalized spacial score (nSPS) is 16.1. The summed E-state index contributed by atoms with van der Waals surface area (Å²) in [5.74, 6) is -0.824. The van der Waals surface area contributed by atoms with Crippen LogP contribution in [0.15, 0.2) is 48.5 Å². The summed E-state index contributed by atoms with van der Waals surface area (Å²) in [5, 5.41) is 11.7. The topological polar surface area (TPSA) is 75.2 Å². The van der Waals surface area contributed by atoms with Gasteiger partial charge < -0.3 is 10.2 Å².